The lowest BCUT2D eigenvalue weighted by Gasteiger charge is -2.29. The molecule has 7 nitrogen and oxygen atoms in total. The van der Waals surface area contributed by atoms with E-state index >= 15 is 0 Å². The summed E-state index contributed by atoms with van der Waals surface area (Å²) in [5.74, 6) is 0.269. The molecule has 0 amide bonds. The molecule has 0 aliphatic carbocycles. The Balaban J connectivity index is 2.32. The predicted octanol–water partition coefficient (Wildman–Crippen LogP) is 0.823. The number of pyridine rings is 1. The number of piperidine rings is 1. The van der Waals surface area contributed by atoms with E-state index in [1.165, 1.54) is 12.3 Å². The molecule has 7 heteroatoms. The van der Waals surface area contributed by atoms with Gasteiger partial charge in [-0.3, -0.25) is 10.1 Å². The van der Waals surface area contributed by atoms with Gasteiger partial charge in [0, 0.05) is 25.4 Å². The van der Waals surface area contributed by atoms with Crippen molar-refractivity contribution < 1.29 is 10.0 Å². The average molecular weight is 248 g/mol. The lowest BCUT2D eigenvalue weighted by molar-refractivity contribution is -0.384. The van der Waals surface area contributed by atoms with Crippen LogP contribution < -0.4 is 4.90 Å². The zero-order valence-electron chi connectivity index (χ0n) is 9.61. The standard InChI is InChI=1S/C11H12N4O3/c12-6-8-5-10(15(17)18)11(13-7-8)14-3-1-9(16)2-4-14/h5,7,9,16H,1-4H2. The molecular weight excluding hydrogens is 236 g/mol. The average Bonchev–Trinajstić information content (AvgIpc) is 2.39. The van der Waals surface area contributed by atoms with Crippen LogP contribution in [0.2, 0.25) is 0 Å². The van der Waals surface area contributed by atoms with Gasteiger partial charge in [-0.2, -0.15) is 5.26 Å². The molecule has 0 bridgehead atoms. The van der Waals surface area contributed by atoms with Crippen LogP contribution in [-0.4, -0.2) is 34.2 Å². The molecule has 18 heavy (non-hydrogen) atoms. The molecule has 1 aromatic heterocycles. The maximum absolute atomic E-state index is 11.0. The Morgan fingerprint density at radius 3 is 2.78 bits per heavy atom. The largest absolute Gasteiger partial charge is 0.393 e. The van der Waals surface area contributed by atoms with Crippen molar-refractivity contribution >= 4 is 11.5 Å². The Morgan fingerprint density at radius 2 is 2.22 bits per heavy atom. The van der Waals surface area contributed by atoms with Crippen LogP contribution in [0.3, 0.4) is 0 Å². The van der Waals surface area contributed by atoms with E-state index in [4.69, 9.17) is 5.26 Å². The molecule has 1 aliphatic heterocycles. The van der Waals surface area contributed by atoms with Gasteiger partial charge in [-0.25, -0.2) is 4.98 Å². The second-order valence-electron chi connectivity index (χ2n) is 4.15. The third-order valence-electron chi connectivity index (χ3n) is 2.94. The summed E-state index contributed by atoms with van der Waals surface area (Å²) < 4.78 is 0. The maximum Gasteiger partial charge on any atom is 0.312 e. The van der Waals surface area contributed by atoms with E-state index < -0.39 is 4.92 Å². The minimum absolute atomic E-state index is 0.162. The molecule has 1 aromatic rings. The minimum Gasteiger partial charge on any atom is -0.393 e. The van der Waals surface area contributed by atoms with E-state index in [1.807, 2.05) is 6.07 Å². The third kappa shape index (κ3) is 2.38. The van der Waals surface area contributed by atoms with Gasteiger partial charge in [0.1, 0.15) is 6.07 Å². The first kappa shape index (κ1) is 12.3. The number of hydrogen-bond acceptors (Lipinski definition) is 6. The third-order valence-corrected chi connectivity index (χ3v) is 2.94. The number of rotatable bonds is 2. The first-order valence-electron chi connectivity index (χ1n) is 5.59. The second kappa shape index (κ2) is 4.98. The highest BCUT2D eigenvalue weighted by atomic mass is 16.6. The number of nitro groups is 1. The highest BCUT2D eigenvalue weighted by molar-refractivity contribution is 5.60. The van der Waals surface area contributed by atoms with Crippen LogP contribution in [0.25, 0.3) is 0 Å². The minimum atomic E-state index is -0.534. The van der Waals surface area contributed by atoms with Gasteiger partial charge in [-0.05, 0) is 12.8 Å². The maximum atomic E-state index is 11.0. The van der Waals surface area contributed by atoms with Crippen LogP contribution in [0.5, 0.6) is 0 Å². The lowest BCUT2D eigenvalue weighted by atomic mass is 10.1. The van der Waals surface area contributed by atoms with Crippen LogP contribution in [0.1, 0.15) is 18.4 Å². The number of hydrogen-bond donors (Lipinski definition) is 1. The summed E-state index contributed by atoms with van der Waals surface area (Å²) in [6.07, 6.45) is 2.11. The van der Waals surface area contributed by atoms with Crippen molar-refractivity contribution in [3.05, 3.63) is 27.9 Å². The van der Waals surface area contributed by atoms with Crippen molar-refractivity contribution in [2.45, 2.75) is 18.9 Å². The predicted molar refractivity (Wildman–Crippen MR) is 63.1 cm³/mol. The molecule has 0 atom stereocenters. The molecule has 0 aromatic carbocycles. The number of nitriles is 1. The Hall–Kier alpha value is -2.20. The highest BCUT2D eigenvalue weighted by Crippen LogP contribution is 2.28. The Labute approximate surface area is 103 Å². The van der Waals surface area contributed by atoms with Gasteiger partial charge < -0.3 is 10.0 Å². The topological polar surface area (TPSA) is 103 Å². The van der Waals surface area contributed by atoms with Crippen molar-refractivity contribution in [1.82, 2.24) is 4.98 Å². The van der Waals surface area contributed by atoms with Crippen molar-refractivity contribution in [3.8, 4) is 6.07 Å². The smallest absolute Gasteiger partial charge is 0.312 e. The van der Waals surface area contributed by atoms with Crippen LogP contribution in [0, 0.1) is 21.4 Å². The summed E-state index contributed by atoms with van der Waals surface area (Å²) in [4.78, 5) is 16.2. The van der Waals surface area contributed by atoms with E-state index in [9.17, 15) is 15.2 Å². The summed E-state index contributed by atoms with van der Waals surface area (Å²) in [5, 5.41) is 29.1. The molecule has 0 saturated carbocycles. The van der Waals surface area contributed by atoms with Crippen molar-refractivity contribution in [1.29, 1.82) is 5.26 Å². The van der Waals surface area contributed by atoms with E-state index in [0.717, 1.165) is 0 Å². The second-order valence-corrected chi connectivity index (χ2v) is 4.15. The summed E-state index contributed by atoms with van der Waals surface area (Å²) >= 11 is 0. The Morgan fingerprint density at radius 1 is 1.56 bits per heavy atom. The molecule has 0 radical (unpaired) electrons. The first-order valence-corrected chi connectivity index (χ1v) is 5.59. The van der Waals surface area contributed by atoms with Gasteiger partial charge >= 0.3 is 5.69 Å². The van der Waals surface area contributed by atoms with Crippen molar-refractivity contribution in [2.75, 3.05) is 18.0 Å². The van der Waals surface area contributed by atoms with Gasteiger partial charge in [0.05, 0.1) is 16.6 Å². The molecule has 94 valence electrons. The van der Waals surface area contributed by atoms with Gasteiger partial charge in [-0.15, -0.1) is 0 Å². The number of aliphatic hydroxyl groups is 1. The van der Waals surface area contributed by atoms with E-state index in [0.29, 0.717) is 25.9 Å². The number of aromatic nitrogens is 1. The molecular formula is C11H12N4O3. The van der Waals surface area contributed by atoms with Crippen LogP contribution in [0.15, 0.2) is 12.3 Å². The van der Waals surface area contributed by atoms with E-state index in [1.54, 1.807) is 4.90 Å². The first-order chi connectivity index (χ1) is 8.61. The van der Waals surface area contributed by atoms with Crippen LogP contribution in [0.4, 0.5) is 11.5 Å². The van der Waals surface area contributed by atoms with Gasteiger partial charge in [0.2, 0.25) is 5.82 Å². The van der Waals surface area contributed by atoms with Crippen LogP contribution in [-0.2, 0) is 0 Å². The normalized spacial score (nSPS) is 16.3. The monoisotopic (exact) mass is 248 g/mol. The molecule has 2 rings (SSSR count). The summed E-state index contributed by atoms with van der Waals surface area (Å²) in [7, 11) is 0. The fraction of sp³-hybridized carbons (Fsp3) is 0.455. The number of nitrogens with zero attached hydrogens (tertiary/aromatic N) is 4. The highest BCUT2D eigenvalue weighted by Gasteiger charge is 2.25. The fourth-order valence-corrected chi connectivity index (χ4v) is 1.96. The Kier molecular flexibility index (Phi) is 3.39. The molecule has 0 spiro atoms. The molecule has 2 heterocycles. The van der Waals surface area contributed by atoms with Gasteiger partial charge in [-0.1, -0.05) is 0 Å². The summed E-state index contributed by atoms with van der Waals surface area (Å²) in [6.45, 7) is 1.06. The van der Waals surface area contributed by atoms with Crippen molar-refractivity contribution in [3.63, 3.8) is 0 Å². The van der Waals surface area contributed by atoms with E-state index in [-0.39, 0.29) is 23.2 Å². The molecule has 1 fully saturated rings. The van der Waals surface area contributed by atoms with Gasteiger partial charge in [0.15, 0.2) is 0 Å². The summed E-state index contributed by atoms with van der Waals surface area (Å²) in [5.41, 5.74) is 0.00735. The Bertz CT molecular complexity index is 504. The van der Waals surface area contributed by atoms with Gasteiger partial charge in [0.25, 0.3) is 0 Å². The molecule has 0 unspecified atom stereocenters. The zero-order valence-corrected chi connectivity index (χ0v) is 9.61. The quantitative estimate of drug-likeness (QED) is 0.614. The lowest BCUT2D eigenvalue weighted by Crippen LogP contribution is -2.36. The SMILES string of the molecule is N#Cc1cnc(N2CCC(O)CC2)c([N+](=O)[O-])c1. The summed E-state index contributed by atoms with van der Waals surface area (Å²) in [6, 6.07) is 3.06. The zero-order chi connectivity index (χ0) is 13.1. The number of aliphatic hydroxyl groups excluding tert-OH is 1. The number of anilines is 1. The molecule has 1 saturated heterocycles. The van der Waals surface area contributed by atoms with Crippen LogP contribution >= 0.6 is 0 Å². The van der Waals surface area contributed by atoms with Crippen molar-refractivity contribution in [2.24, 2.45) is 0 Å². The molecule has 1 N–H and O–H groups in total. The fourth-order valence-electron chi connectivity index (χ4n) is 1.96. The molecule has 1 aliphatic rings. The van der Waals surface area contributed by atoms with E-state index in [2.05, 4.69) is 4.98 Å².